The van der Waals surface area contributed by atoms with Gasteiger partial charge in [0.15, 0.2) is 6.10 Å². The lowest BCUT2D eigenvalue weighted by Crippen LogP contribution is -2.39. The summed E-state index contributed by atoms with van der Waals surface area (Å²) in [7, 11) is 0. The number of hydrogen-bond acceptors (Lipinski definition) is 6. The Balaban J connectivity index is 1.44. The van der Waals surface area contributed by atoms with Crippen LogP contribution in [0.3, 0.4) is 0 Å². The minimum Gasteiger partial charge on any atom is -0.447 e. The van der Waals surface area contributed by atoms with Crippen molar-refractivity contribution in [2.45, 2.75) is 52.2 Å². The number of hydrogen-bond donors (Lipinski definition) is 1. The molecule has 1 N–H and O–H groups in total. The Kier molecular flexibility index (Phi) is 5.00. The zero-order chi connectivity index (χ0) is 20.5. The van der Waals surface area contributed by atoms with E-state index in [1.165, 1.54) is 10.1 Å². The number of nitrogens with one attached hydrogen (secondary N) is 1. The molecule has 8 heteroatoms. The number of fused-ring (bicyclic) bond motifs is 2. The van der Waals surface area contributed by atoms with Gasteiger partial charge in [0.25, 0.3) is 17.5 Å². The molecule has 3 aromatic rings. The van der Waals surface area contributed by atoms with Crippen LogP contribution in [0.2, 0.25) is 0 Å². The molecule has 0 saturated heterocycles. The Hall–Kier alpha value is -3.29. The number of ether oxygens (including phenoxy) is 1. The second-order valence-corrected chi connectivity index (χ2v) is 7.39. The number of aromatic nitrogens is 4. The molecule has 0 spiro atoms. The number of aryl methyl sites for hydroxylation is 3. The zero-order valence-corrected chi connectivity index (χ0v) is 16.7. The number of nitrogens with zero attached hydrogens (tertiary/aromatic N) is 4. The standard InChI is InChI=1S/C21H23N5O3/c1-12-11-13(2)26-21(22-12)24-18(25-26)20(28)29-14(3)19(27)23-17-10-6-8-15-7-4-5-9-16(15)17/h4-5,7,9,11,14,17H,6,8,10H2,1-3H3,(H,23,27)/t14-,17+/m0/s1. The van der Waals surface area contributed by atoms with Crippen molar-refractivity contribution in [3.63, 3.8) is 0 Å². The Labute approximate surface area is 168 Å². The van der Waals surface area contributed by atoms with Gasteiger partial charge in [-0.15, -0.1) is 5.10 Å². The molecule has 150 valence electrons. The van der Waals surface area contributed by atoms with Crippen LogP contribution >= 0.6 is 0 Å². The van der Waals surface area contributed by atoms with Gasteiger partial charge in [0.05, 0.1) is 6.04 Å². The number of amides is 1. The smallest absolute Gasteiger partial charge is 0.379 e. The van der Waals surface area contributed by atoms with Crippen molar-refractivity contribution in [2.24, 2.45) is 0 Å². The molecular weight excluding hydrogens is 370 g/mol. The highest BCUT2D eigenvalue weighted by atomic mass is 16.5. The SMILES string of the molecule is Cc1cc(C)n2nc(C(=O)O[C@@H](C)C(=O)N[C@@H]3CCCc4ccccc43)nc2n1. The minimum absolute atomic E-state index is 0.0725. The Morgan fingerprint density at radius 1 is 1.24 bits per heavy atom. The second kappa shape index (κ2) is 7.62. The summed E-state index contributed by atoms with van der Waals surface area (Å²) < 4.78 is 6.79. The third-order valence-corrected chi connectivity index (χ3v) is 5.14. The number of carbonyl (C=O) groups excluding carboxylic acids is 2. The minimum atomic E-state index is -0.959. The normalized spacial score (nSPS) is 16.9. The summed E-state index contributed by atoms with van der Waals surface area (Å²) in [6.07, 6.45) is 1.92. The van der Waals surface area contributed by atoms with E-state index in [9.17, 15) is 9.59 Å². The van der Waals surface area contributed by atoms with Crippen molar-refractivity contribution in [2.75, 3.05) is 0 Å². The van der Waals surface area contributed by atoms with E-state index in [-0.39, 0.29) is 17.8 Å². The van der Waals surface area contributed by atoms with E-state index in [2.05, 4.69) is 26.4 Å². The molecular formula is C21H23N5O3. The van der Waals surface area contributed by atoms with Crippen LogP contribution < -0.4 is 5.32 Å². The third-order valence-electron chi connectivity index (χ3n) is 5.14. The average Bonchev–Trinajstić information content (AvgIpc) is 3.13. The highest BCUT2D eigenvalue weighted by molar-refractivity contribution is 5.89. The summed E-state index contributed by atoms with van der Waals surface area (Å²) in [5, 5.41) is 7.15. The molecule has 2 aromatic heterocycles. The van der Waals surface area contributed by atoms with Crippen LogP contribution in [0.1, 0.15) is 58.9 Å². The summed E-state index contributed by atoms with van der Waals surface area (Å²) in [4.78, 5) is 33.4. The van der Waals surface area contributed by atoms with Crippen molar-refractivity contribution in [1.29, 1.82) is 0 Å². The summed E-state index contributed by atoms with van der Waals surface area (Å²) in [5.74, 6) is -0.882. The molecule has 1 aliphatic carbocycles. The van der Waals surface area contributed by atoms with Gasteiger partial charge in [0, 0.05) is 11.4 Å². The maximum Gasteiger partial charge on any atom is 0.379 e. The molecule has 0 aliphatic heterocycles. The zero-order valence-electron chi connectivity index (χ0n) is 16.7. The van der Waals surface area contributed by atoms with E-state index in [0.717, 1.165) is 36.2 Å². The predicted molar refractivity (Wildman–Crippen MR) is 105 cm³/mol. The molecule has 2 heterocycles. The van der Waals surface area contributed by atoms with Gasteiger partial charge < -0.3 is 10.1 Å². The molecule has 0 unspecified atom stereocenters. The highest BCUT2D eigenvalue weighted by Crippen LogP contribution is 2.29. The molecule has 1 aliphatic rings. The van der Waals surface area contributed by atoms with Gasteiger partial charge in [0.2, 0.25) is 0 Å². The largest absolute Gasteiger partial charge is 0.447 e. The number of esters is 1. The van der Waals surface area contributed by atoms with Gasteiger partial charge in [-0.1, -0.05) is 24.3 Å². The van der Waals surface area contributed by atoms with E-state index < -0.39 is 12.1 Å². The van der Waals surface area contributed by atoms with E-state index in [0.29, 0.717) is 5.78 Å². The number of benzene rings is 1. The maximum absolute atomic E-state index is 12.6. The number of rotatable bonds is 4. The lowest BCUT2D eigenvalue weighted by Gasteiger charge is -2.27. The monoisotopic (exact) mass is 393 g/mol. The Bertz CT molecular complexity index is 1090. The fraction of sp³-hybridized carbons (Fsp3) is 0.381. The van der Waals surface area contributed by atoms with Gasteiger partial charge in [0.1, 0.15) is 0 Å². The van der Waals surface area contributed by atoms with Crippen LogP contribution in [-0.4, -0.2) is 37.6 Å². The fourth-order valence-corrected chi connectivity index (χ4v) is 3.71. The summed E-state index contributed by atoms with van der Waals surface area (Å²) in [6.45, 7) is 5.24. The molecule has 0 fully saturated rings. The first-order valence-corrected chi connectivity index (χ1v) is 9.72. The Morgan fingerprint density at radius 3 is 2.86 bits per heavy atom. The van der Waals surface area contributed by atoms with Crippen molar-refractivity contribution in [1.82, 2.24) is 24.9 Å². The van der Waals surface area contributed by atoms with Gasteiger partial charge in [-0.05, 0) is 57.2 Å². The summed E-state index contributed by atoms with van der Waals surface area (Å²) in [6, 6.07) is 9.87. The quantitative estimate of drug-likeness (QED) is 0.684. The van der Waals surface area contributed by atoms with Crippen molar-refractivity contribution >= 4 is 17.7 Å². The van der Waals surface area contributed by atoms with Crippen LogP contribution in [0, 0.1) is 13.8 Å². The first-order chi connectivity index (χ1) is 13.9. The molecule has 2 atom stereocenters. The molecule has 8 nitrogen and oxygen atoms in total. The number of carbonyl (C=O) groups is 2. The van der Waals surface area contributed by atoms with Gasteiger partial charge in [-0.2, -0.15) is 4.98 Å². The van der Waals surface area contributed by atoms with E-state index in [4.69, 9.17) is 4.74 Å². The topological polar surface area (TPSA) is 98.5 Å². The van der Waals surface area contributed by atoms with Crippen molar-refractivity contribution in [3.8, 4) is 0 Å². The highest BCUT2D eigenvalue weighted by Gasteiger charge is 2.27. The molecule has 0 radical (unpaired) electrons. The molecule has 1 amide bonds. The first-order valence-electron chi connectivity index (χ1n) is 9.72. The van der Waals surface area contributed by atoms with Crippen LogP contribution in [0.25, 0.3) is 5.78 Å². The van der Waals surface area contributed by atoms with Crippen LogP contribution in [0.4, 0.5) is 0 Å². The predicted octanol–water partition coefficient (Wildman–Crippen LogP) is 2.48. The first kappa shape index (κ1) is 19.0. The summed E-state index contributed by atoms with van der Waals surface area (Å²) >= 11 is 0. The molecule has 1 aromatic carbocycles. The van der Waals surface area contributed by atoms with E-state index in [1.54, 1.807) is 6.92 Å². The van der Waals surface area contributed by atoms with Gasteiger partial charge in [-0.25, -0.2) is 14.3 Å². The van der Waals surface area contributed by atoms with Crippen molar-refractivity contribution < 1.29 is 14.3 Å². The lowest BCUT2D eigenvalue weighted by atomic mass is 9.87. The third kappa shape index (κ3) is 3.83. The average molecular weight is 393 g/mol. The van der Waals surface area contributed by atoms with Crippen LogP contribution in [0.15, 0.2) is 30.3 Å². The second-order valence-electron chi connectivity index (χ2n) is 7.39. The Morgan fingerprint density at radius 2 is 2.03 bits per heavy atom. The van der Waals surface area contributed by atoms with Crippen molar-refractivity contribution in [3.05, 3.63) is 58.7 Å². The van der Waals surface area contributed by atoms with E-state index in [1.807, 2.05) is 38.1 Å². The van der Waals surface area contributed by atoms with Crippen LogP contribution in [-0.2, 0) is 16.0 Å². The van der Waals surface area contributed by atoms with Gasteiger partial charge in [-0.3, -0.25) is 4.79 Å². The fourth-order valence-electron chi connectivity index (χ4n) is 3.71. The van der Waals surface area contributed by atoms with Gasteiger partial charge >= 0.3 is 5.97 Å². The van der Waals surface area contributed by atoms with Crippen LogP contribution in [0.5, 0.6) is 0 Å². The molecule has 0 saturated carbocycles. The summed E-state index contributed by atoms with van der Waals surface area (Å²) in [5.41, 5.74) is 3.97. The molecule has 4 rings (SSSR count). The molecule has 29 heavy (non-hydrogen) atoms. The lowest BCUT2D eigenvalue weighted by molar-refractivity contribution is -0.130. The molecule has 0 bridgehead atoms. The maximum atomic E-state index is 12.6. The van der Waals surface area contributed by atoms with E-state index >= 15 is 0 Å².